The van der Waals surface area contributed by atoms with Crippen molar-refractivity contribution in [2.75, 3.05) is 35.5 Å². The van der Waals surface area contributed by atoms with E-state index in [2.05, 4.69) is 21.3 Å². The first-order valence-electron chi connectivity index (χ1n) is 15.3. The fourth-order valence-corrected chi connectivity index (χ4v) is 4.25. The molecule has 12 nitrogen and oxygen atoms in total. The Morgan fingerprint density at radius 1 is 0.612 bits per heavy atom. The number of rotatable bonds is 6. The van der Waals surface area contributed by atoms with Crippen molar-refractivity contribution >= 4 is 58.4 Å². The van der Waals surface area contributed by atoms with Gasteiger partial charge in [0.15, 0.2) is 0 Å². The molecule has 0 aliphatic carbocycles. The molecule has 0 atom stereocenters. The molecule has 2 aromatic heterocycles. The molecule has 0 saturated heterocycles. The molecule has 262 valence electrons. The second kappa shape index (κ2) is 15.8. The number of hydrogen-bond acceptors (Lipinski definition) is 8. The molecule has 4 aromatic rings. The lowest BCUT2D eigenvalue weighted by Gasteiger charge is -2.13. The summed E-state index contributed by atoms with van der Waals surface area (Å²) in [6.07, 6.45) is 0. The monoisotopic (exact) mass is 694 g/mol. The van der Waals surface area contributed by atoms with Gasteiger partial charge in [0.05, 0.1) is 25.6 Å². The van der Waals surface area contributed by atoms with E-state index in [4.69, 9.17) is 29.9 Å². The highest BCUT2D eigenvalue weighted by Crippen LogP contribution is 2.32. The zero-order valence-corrected chi connectivity index (χ0v) is 30.1. The molecule has 0 aliphatic heterocycles. The largest absolute Gasteiger partial charge is 0.463 e. The number of carbonyl (C=O) groups excluding carboxylic acids is 4. The van der Waals surface area contributed by atoms with Crippen molar-refractivity contribution in [1.29, 1.82) is 0 Å². The van der Waals surface area contributed by atoms with Crippen molar-refractivity contribution in [2.24, 2.45) is 0 Å². The SMILES string of the molecule is COC(=O)c1oc(C(C)(C)C)cc1NC(=O)Nc1ccc(C)c(Cl)c1.COC(=O)c1oc(C(C)(C)C)cc1NC(=O)Nc1ccc(C)cc1. The first kappa shape index (κ1) is 38.2. The number of amides is 4. The average molecular weight is 695 g/mol. The molecule has 49 heavy (non-hydrogen) atoms. The number of hydrogen-bond donors (Lipinski definition) is 4. The molecule has 0 saturated carbocycles. The molecule has 0 aliphatic rings. The number of esters is 2. The number of carbonyl (C=O) groups is 4. The van der Waals surface area contributed by atoms with Crippen molar-refractivity contribution in [3.63, 3.8) is 0 Å². The van der Waals surface area contributed by atoms with E-state index in [0.29, 0.717) is 27.9 Å². The van der Waals surface area contributed by atoms with Gasteiger partial charge < -0.3 is 39.6 Å². The number of urea groups is 2. The van der Waals surface area contributed by atoms with E-state index >= 15 is 0 Å². The predicted octanol–water partition coefficient (Wildman–Crippen LogP) is 9.29. The Morgan fingerprint density at radius 2 is 1.02 bits per heavy atom. The Balaban J connectivity index is 0.000000266. The predicted molar refractivity (Wildman–Crippen MR) is 190 cm³/mol. The topological polar surface area (TPSA) is 161 Å². The third kappa shape index (κ3) is 10.6. The van der Waals surface area contributed by atoms with Crippen LogP contribution in [-0.2, 0) is 20.3 Å². The molecule has 2 aromatic carbocycles. The summed E-state index contributed by atoms with van der Waals surface area (Å²) in [7, 11) is 2.51. The number of anilines is 4. The van der Waals surface area contributed by atoms with Crippen LogP contribution in [-0.4, -0.2) is 38.2 Å². The Labute approximate surface area is 290 Å². The Bertz CT molecular complexity index is 1810. The van der Waals surface area contributed by atoms with Crippen LogP contribution < -0.4 is 21.3 Å². The summed E-state index contributed by atoms with van der Waals surface area (Å²) in [5.41, 5.74) is 3.07. The maximum Gasteiger partial charge on any atom is 0.376 e. The summed E-state index contributed by atoms with van der Waals surface area (Å²) in [4.78, 5) is 48.2. The van der Waals surface area contributed by atoms with Gasteiger partial charge in [0.25, 0.3) is 0 Å². The molecule has 4 rings (SSSR count). The van der Waals surface area contributed by atoms with Crippen LogP contribution >= 0.6 is 11.6 Å². The average Bonchev–Trinajstić information content (AvgIpc) is 3.64. The van der Waals surface area contributed by atoms with Crippen molar-refractivity contribution in [1.82, 2.24) is 0 Å². The number of ether oxygens (including phenoxy) is 2. The summed E-state index contributed by atoms with van der Waals surface area (Å²) < 4.78 is 20.6. The van der Waals surface area contributed by atoms with Gasteiger partial charge in [-0.1, -0.05) is 76.9 Å². The smallest absolute Gasteiger partial charge is 0.376 e. The highest BCUT2D eigenvalue weighted by Gasteiger charge is 2.28. The zero-order chi connectivity index (χ0) is 36.7. The summed E-state index contributed by atoms with van der Waals surface area (Å²) in [5.74, 6) is -0.249. The lowest BCUT2D eigenvalue weighted by molar-refractivity contribution is 0.0554. The van der Waals surface area contributed by atoms with Crippen LogP contribution in [0.15, 0.2) is 63.4 Å². The molecule has 0 radical (unpaired) electrons. The molecule has 4 amide bonds. The van der Waals surface area contributed by atoms with Crippen molar-refractivity contribution < 1.29 is 37.5 Å². The van der Waals surface area contributed by atoms with Gasteiger partial charge >= 0.3 is 24.0 Å². The van der Waals surface area contributed by atoms with Crippen LogP contribution in [0.3, 0.4) is 0 Å². The van der Waals surface area contributed by atoms with Gasteiger partial charge in [-0.25, -0.2) is 19.2 Å². The van der Waals surface area contributed by atoms with Crippen LogP contribution in [0, 0.1) is 13.8 Å². The van der Waals surface area contributed by atoms with Crippen molar-refractivity contribution in [2.45, 2.75) is 66.2 Å². The first-order valence-corrected chi connectivity index (χ1v) is 15.6. The molecule has 0 bridgehead atoms. The minimum atomic E-state index is -0.663. The van der Waals surface area contributed by atoms with E-state index in [1.165, 1.54) is 14.2 Å². The second-order valence-electron chi connectivity index (χ2n) is 13.2. The zero-order valence-electron chi connectivity index (χ0n) is 29.3. The summed E-state index contributed by atoms with van der Waals surface area (Å²) >= 11 is 6.05. The Morgan fingerprint density at radius 3 is 1.41 bits per heavy atom. The number of methoxy groups -OCH3 is 2. The molecular formula is C36H43ClN4O8. The van der Waals surface area contributed by atoms with E-state index in [0.717, 1.165) is 11.1 Å². The molecule has 0 spiro atoms. The fraction of sp³-hybridized carbons (Fsp3) is 0.333. The number of halogens is 1. The normalized spacial score (nSPS) is 11.1. The van der Waals surface area contributed by atoms with E-state index < -0.39 is 24.0 Å². The molecule has 13 heteroatoms. The van der Waals surface area contributed by atoms with Crippen LogP contribution in [0.1, 0.15) is 85.3 Å². The van der Waals surface area contributed by atoms with Crippen LogP contribution in [0.5, 0.6) is 0 Å². The van der Waals surface area contributed by atoms with Gasteiger partial charge in [-0.3, -0.25) is 0 Å². The maximum absolute atomic E-state index is 12.2. The molecule has 4 N–H and O–H groups in total. The first-order chi connectivity index (χ1) is 22.8. The van der Waals surface area contributed by atoms with Gasteiger partial charge in [-0.15, -0.1) is 0 Å². The van der Waals surface area contributed by atoms with Crippen LogP contribution in [0.25, 0.3) is 0 Å². The number of furan rings is 2. The quantitative estimate of drug-likeness (QED) is 0.145. The maximum atomic E-state index is 12.2. The van der Waals surface area contributed by atoms with Crippen LogP contribution in [0.4, 0.5) is 32.3 Å². The molecule has 0 fully saturated rings. The van der Waals surface area contributed by atoms with E-state index in [1.54, 1.807) is 42.5 Å². The summed E-state index contributed by atoms with van der Waals surface area (Å²) in [6, 6.07) is 14.8. The van der Waals surface area contributed by atoms with Gasteiger partial charge in [0.2, 0.25) is 11.5 Å². The standard InChI is InChI=1S/C18H21ClN2O4.C18H22N2O4/c1-10-6-7-11(8-12(10)19)20-17(23)21-13-9-14(18(2,3)4)25-15(13)16(22)24-5;1-11-6-8-12(9-7-11)19-17(22)20-13-10-14(18(2,3)4)24-15(13)16(21)23-5/h6-9H,1-5H3,(H2,20,21,23);6-10H,1-5H3,(H2,19,20,22). The highest BCUT2D eigenvalue weighted by molar-refractivity contribution is 6.31. The Hall–Kier alpha value is -5.23. The molecule has 2 heterocycles. The number of nitrogens with one attached hydrogen (secondary N) is 4. The number of benzene rings is 2. The second-order valence-corrected chi connectivity index (χ2v) is 13.6. The fourth-order valence-electron chi connectivity index (χ4n) is 4.07. The highest BCUT2D eigenvalue weighted by atomic mass is 35.5. The van der Waals surface area contributed by atoms with E-state index in [-0.39, 0.29) is 33.7 Å². The van der Waals surface area contributed by atoms with Gasteiger partial charge in [0.1, 0.15) is 11.5 Å². The minimum absolute atomic E-state index is 0.0264. The summed E-state index contributed by atoms with van der Waals surface area (Å²) in [6.45, 7) is 15.5. The van der Waals surface area contributed by atoms with E-state index in [9.17, 15) is 19.2 Å². The third-order valence-electron chi connectivity index (χ3n) is 6.92. The van der Waals surface area contributed by atoms with Crippen LogP contribution in [0.2, 0.25) is 5.02 Å². The van der Waals surface area contributed by atoms with E-state index in [1.807, 2.05) is 67.5 Å². The van der Waals surface area contributed by atoms with Gasteiger partial charge in [-0.05, 0) is 43.7 Å². The molecule has 0 unspecified atom stereocenters. The number of aryl methyl sites for hydroxylation is 2. The third-order valence-corrected chi connectivity index (χ3v) is 7.33. The Kier molecular flexibility index (Phi) is 12.3. The summed E-state index contributed by atoms with van der Waals surface area (Å²) in [5, 5.41) is 11.2. The van der Waals surface area contributed by atoms with Gasteiger partial charge in [-0.2, -0.15) is 0 Å². The van der Waals surface area contributed by atoms with Crippen molar-refractivity contribution in [3.8, 4) is 0 Å². The minimum Gasteiger partial charge on any atom is -0.463 e. The lowest BCUT2D eigenvalue weighted by atomic mass is 9.93. The lowest BCUT2D eigenvalue weighted by Crippen LogP contribution is -2.20. The van der Waals surface area contributed by atoms with Crippen molar-refractivity contribution in [3.05, 3.63) is 93.8 Å². The van der Waals surface area contributed by atoms with Gasteiger partial charge in [0, 0.05) is 39.4 Å². The molecular weight excluding hydrogens is 652 g/mol.